The van der Waals surface area contributed by atoms with E-state index in [1.807, 2.05) is 47.3 Å². The van der Waals surface area contributed by atoms with Crippen LogP contribution in [0.15, 0.2) is 64.2 Å². The first-order chi connectivity index (χ1) is 13.2. The Morgan fingerprint density at radius 1 is 0.926 bits per heavy atom. The Hall–Kier alpha value is -1.74. The van der Waals surface area contributed by atoms with Crippen LogP contribution in [-0.2, 0) is 11.3 Å². The Morgan fingerprint density at radius 2 is 1.67 bits per heavy atom. The van der Waals surface area contributed by atoms with E-state index >= 15 is 0 Å². The topological polar surface area (TPSA) is 47.1 Å². The zero-order valence-electron chi connectivity index (χ0n) is 14.6. The summed E-state index contributed by atoms with van der Waals surface area (Å²) < 4.78 is 11.6. The molecule has 4 aromatic heterocycles. The molecule has 0 amide bonds. The maximum absolute atomic E-state index is 5.35. The number of rotatable bonds is 2. The summed E-state index contributed by atoms with van der Waals surface area (Å²) in [5, 5.41) is 0. The van der Waals surface area contributed by atoms with Crippen molar-refractivity contribution in [3.63, 3.8) is 0 Å². The third-order valence-corrected chi connectivity index (χ3v) is 5.33. The summed E-state index contributed by atoms with van der Waals surface area (Å²) in [6.45, 7) is 4.60. The zero-order valence-corrected chi connectivity index (χ0v) is 17.8. The van der Waals surface area contributed by atoms with Gasteiger partial charge in [0.25, 0.3) is 0 Å². The number of ether oxygens (including phenoxy) is 1. The summed E-state index contributed by atoms with van der Waals surface area (Å²) in [7, 11) is 0. The second-order valence-corrected chi connectivity index (χ2v) is 8.08. The molecule has 0 saturated carbocycles. The third kappa shape index (κ3) is 4.57. The van der Waals surface area contributed by atoms with Gasteiger partial charge in [0.15, 0.2) is 0 Å². The van der Waals surface area contributed by atoms with Gasteiger partial charge < -0.3 is 13.5 Å². The lowest BCUT2D eigenvalue weighted by atomic mass is 10.3. The minimum atomic E-state index is 0.834. The van der Waals surface area contributed by atoms with Crippen molar-refractivity contribution in [2.75, 3.05) is 26.3 Å². The molecule has 1 saturated heterocycles. The third-order valence-electron chi connectivity index (χ3n) is 4.39. The molecule has 1 aliphatic heterocycles. The summed E-state index contributed by atoms with van der Waals surface area (Å²) in [5.41, 5.74) is 3.20. The number of fused-ring (bicyclic) bond motifs is 2. The molecule has 0 unspecified atom stereocenters. The number of hydrogen-bond acceptors (Lipinski definition) is 4. The van der Waals surface area contributed by atoms with Crippen LogP contribution >= 0.6 is 31.9 Å². The molecule has 140 valence electrons. The Morgan fingerprint density at radius 3 is 2.48 bits per heavy atom. The molecule has 5 rings (SSSR count). The van der Waals surface area contributed by atoms with Crippen LogP contribution in [0.2, 0.25) is 0 Å². The van der Waals surface area contributed by atoms with Crippen LogP contribution in [0.5, 0.6) is 0 Å². The minimum absolute atomic E-state index is 0.834. The lowest BCUT2D eigenvalue weighted by Crippen LogP contribution is -2.35. The average molecular weight is 493 g/mol. The molecule has 0 bridgehead atoms. The highest BCUT2D eigenvalue weighted by Crippen LogP contribution is 2.15. The smallest absolute Gasteiger partial charge is 0.136 e. The normalized spacial score (nSPS) is 15.0. The number of imidazole rings is 2. The van der Waals surface area contributed by atoms with Gasteiger partial charge in [-0.05, 0) is 56.1 Å². The molecular formula is C19H19Br2N5O. The van der Waals surface area contributed by atoms with E-state index in [0.29, 0.717) is 0 Å². The number of pyridine rings is 2. The van der Waals surface area contributed by atoms with Gasteiger partial charge in [-0.25, -0.2) is 9.97 Å². The summed E-state index contributed by atoms with van der Waals surface area (Å²) in [6.07, 6.45) is 9.69. The molecule has 0 aliphatic carbocycles. The number of morpholine rings is 1. The van der Waals surface area contributed by atoms with Gasteiger partial charge in [-0.3, -0.25) is 4.90 Å². The van der Waals surface area contributed by atoms with Gasteiger partial charge in [0, 0.05) is 53.4 Å². The maximum Gasteiger partial charge on any atom is 0.136 e. The van der Waals surface area contributed by atoms with E-state index in [1.165, 1.54) is 5.69 Å². The van der Waals surface area contributed by atoms with Gasteiger partial charge >= 0.3 is 0 Å². The molecule has 0 N–H and O–H groups in total. The van der Waals surface area contributed by atoms with E-state index in [4.69, 9.17) is 4.74 Å². The molecule has 8 heteroatoms. The fourth-order valence-corrected chi connectivity index (χ4v) is 3.69. The van der Waals surface area contributed by atoms with E-state index in [9.17, 15) is 0 Å². The van der Waals surface area contributed by atoms with E-state index < -0.39 is 0 Å². The van der Waals surface area contributed by atoms with Crippen molar-refractivity contribution in [1.82, 2.24) is 23.7 Å². The molecule has 6 nitrogen and oxygen atoms in total. The molecule has 4 aromatic rings. The van der Waals surface area contributed by atoms with Crippen LogP contribution < -0.4 is 0 Å². The molecule has 0 aromatic carbocycles. The van der Waals surface area contributed by atoms with Crippen LogP contribution in [0.4, 0.5) is 0 Å². The van der Waals surface area contributed by atoms with Crippen molar-refractivity contribution in [1.29, 1.82) is 0 Å². The zero-order chi connectivity index (χ0) is 18.6. The fourth-order valence-electron chi connectivity index (χ4n) is 3.00. The average Bonchev–Trinajstić information content (AvgIpc) is 3.30. The molecular weight excluding hydrogens is 474 g/mol. The lowest BCUT2D eigenvalue weighted by Gasteiger charge is -2.26. The summed E-state index contributed by atoms with van der Waals surface area (Å²) in [5.74, 6) is 0. The number of halogens is 2. The van der Waals surface area contributed by atoms with Gasteiger partial charge in [-0.2, -0.15) is 0 Å². The van der Waals surface area contributed by atoms with Crippen molar-refractivity contribution < 1.29 is 4.74 Å². The quantitative estimate of drug-likeness (QED) is 0.424. The fraction of sp³-hybridized carbons (Fsp3) is 0.263. The predicted octanol–water partition coefficient (Wildman–Crippen LogP) is 4.03. The van der Waals surface area contributed by atoms with Gasteiger partial charge in [-0.15, -0.1) is 0 Å². The van der Waals surface area contributed by atoms with Crippen LogP contribution in [-0.4, -0.2) is 50.0 Å². The summed E-state index contributed by atoms with van der Waals surface area (Å²) >= 11 is 6.86. The van der Waals surface area contributed by atoms with E-state index in [-0.39, 0.29) is 0 Å². The van der Waals surface area contributed by atoms with Crippen molar-refractivity contribution in [3.05, 3.63) is 69.9 Å². The van der Waals surface area contributed by atoms with Crippen LogP contribution in [0.1, 0.15) is 5.69 Å². The highest BCUT2D eigenvalue weighted by atomic mass is 79.9. The Labute approximate surface area is 174 Å². The number of nitrogens with zero attached hydrogens (tertiary/aromatic N) is 5. The van der Waals surface area contributed by atoms with Crippen LogP contribution in [0.25, 0.3) is 11.3 Å². The van der Waals surface area contributed by atoms with Crippen molar-refractivity contribution in [3.8, 4) is 0 Å². The first-order valence-corrected chi connectivity index (χ1v) is 10.3. The van der Waals surface area contributed by atoms with Gasteiger partial charge in [-0.1, -0.05) is 0 Å². The first-order valence-electron chi connectivity index (χ1n) is 8.69. The number of hydrogen-bond donors (Lipinski definition) is 0. The van der Waals surface area contributed by atoms with Crippen molar-refractivity contribution >= 4 is 43.2 Å². The van der Waals surface area contributed by atoms with Gasteiger partial charge in [0.1, 0.15) is 11.3 Å². The predicted molar refractivity (Wildman–Crippen MR) is 112 cm³/mol. The summed E-state index contributed by atoms with van der Waals surface area (Å²) in [6, 6.07) is 7.97. The Kier molecular flexibility index (Phi) is 5.87. The van der Waals surface area contributed by atoms with Crippen LogP contribution in [0, 0.1) is 0 Å². The maximum atomic E-state index is 5.35. The second kappa shape index (κ2) is 8.52. The highest BCUT2D eigenvalue weighted by molar-refractivity contribution is 9.10. The van der Waals surface area contributed by atoms with E-state index in [1.54, 1.807) is 6.20 Å². The largest absolute Gasteiger partial charge is 0.379 e. The Bertz CT molecular complexity index is 1040. The van der Waals surface area contributed by atoms with E-state index in [2.05, 4.69) is 57.3 Å². The minimum Gasteiger partial charge on any atom is -0.379 e. The first kappa shape index (κ1) is 18.6. The highest BCUT2D eigenvalue weighted by Gasteiger charge is 2.13. The standard InChI is InChI=1S/C12H14BrN3O.C7H5BrN2/c13-10-1-2-12-14-7-11(16(12)8-10)9-15-3-5-17-6-4-15;8-6-1-2-7-9-3-4-10(7)5-6/h1-2,7-8H,3-6,9H2;1-5H. The van der Waals surface area contributed by atoms with Crippen LogP contribution in [0.3, 0.4) is 0 Å². The molecule has 1 aliphatic rings. The molecule has 5 heterocycles. The molecule has 27 heavy (non-hydrogen) atoms. The van der Waals surface area contributed by atoms with Gasteiger partial charge in [0.05, 0.1) is 25.1 Å². The second-order valence-electron chi connectivity index (χ2n) is 6.25. The SMILES string of the molecule is Brc1ccc2ncc(CN3CCOCC3)n2c1.Brc1ccc2nccn2c1. The molecule has 0 atom stereocenters. The lowest BCUT2D eigenvalue weighted by molar-refractivity contribution is 0.0335. The molecule has 0 radical (unpaired) electrons. The monoisotopic (exact) mass is 491 g/mol. The molecule has 0 spiro atoms. The summed E-state index contributed by atoms with van der Waals surface area (Å²) in [4.78, 5) is 10.9. The molecule has 1 fully saturated rings. The number of aromatic nitrogens is 4. The van der Waals surface area contributed by atoms with Gasteiger partial charge in [0.2, 0.25) is 0 Å². The van der Waals surface area contributed by atoms with Crippen molar-refractivity contribution in [2.24, 2.45) is 0 Å². The van der Waals surface area contributed by atoms with Crippen molar-refractivity contribution in [2.45, 2.75) is 6.54 Å². The Balaban J connectivity index is 0.000000153. The van der Waals surface area contributed by atoms with E-state index in [0.717, 1.165) is 53.1 Å².